The summed E-state index contributed by atoms with van der Waals surface area (Å²) in [4.78, 5) is 105. The normalized spacial score (nSPS) is 9.90. The molecule has 0 unspecified atom stereocenters. The summed E-state index contributed by atoms with van der Waals surface area (Å²) < 4.78 is 22.3. The minimum absolute atomic E-state index is 0. The smallest absolute Gasteiger partial charge is 0.488 e. The number of carbonyl (C=O) groups excluding carboxylic acids is 7. The van der Waals surface area contributed by atoms with Crippen LogP contribution in [0, 0.1) is 0 Å². The van der Waals surface area contributed by atoms with Gasteiger partial charge in [0.25, 0.3) is 0 Å². The molecule has 0 fully saturated rings. The van der Waals surface area contributed by atoms with E-state index in [1.165, 1.54) is 55.2 Å². The Morgan fingerprint density at radius 2 is 0.926 bits per heavy atom. The van der Waals surface area contributed by atoms with E-state index in [1.54, 1.807) is 96.9 Å². The molecule has 81 heavy (non-hydrogen) atoms. The van der Waals surface area contributed by atoms with Crippen LogP contribution < -0.4 is 24.7 Å². The molecule has 0 radical (unpaired) electrons. The predicted octanol–water partition coefficient (Wildman–Crippen LogP) is 6.63. The van der Waals surface area contributed by atoms with Crippen molar-refractivity contribution in [1.82, 2.24) is 37.5 Å². The van der Waals surface area contributed by atoms with Crippen LogP contribution in [-0.2, 0) is 46.2 Å². The number of aromatic nitrogens is 8. The second kappa shape index (κ2) is 37.6. The summed E-state index contributed by atoms with van der Waals surface area (Å²) in [5.74, 6) is 2.19. The summed E-state index contributed by atoms with van der Waals surface area (Å²) in [6.07, 6.45) is 19.6. The Morgan fingerprint density at radius 1 is 0.593 bits per heavy atom. The number of nitrogens with zero attached hydrogens (tertiary/aromatic N) is 9. The molecule has 0 spiro atoms. The van der Waals surface area contributed by atoms with E-state index in [0.717, 1.165) is 21.2 Å². The summed E-state index contributed by atoms with van der Waals surface area (Å²) in [5.41, 5.74) is 8.86. The fourth-order valence-electron chi connectivity index (χ4n) is 6.49. The molecular weight excluding hydrogens is 1110 g/mol. The predicted molar refractivity (Wildman–Crippen MR) is 305 cm³/mol. The number of allylic oxidation sites excluding steroid dienone is 2. The number of imidazole rings is 4. The van der Waals surface area contributed by atoms with Crippen molar-refractivity contribution >= 4 is 91.6 Å². The average molecular weight is 1180 g/mol. The number of hydrogen-bond donors (Lipinski definition) is 3. The molecule has 23 nitrogen and oxygen atoms in total. The Kier molecular flexibility index (Phi) is 33.8. The molecule has 0 aliphatic carbocycles. The molecule has 0 aliphatic heterocycles. The van der Waals surface area contributed by atoms with Crippen LogP contribution in [0.1, 0.15) is 135 Å². The van der Waals surface area contributed by atoms with Crippen molar-refractivity contribution in [3.8, 4) is 0 Å². The van der Waals surface area contributed by atoms with Gasteiger partial charge in [-0.15, -0.1) is 0 Å². The molecule has 8 aromatic heterocycles. The number of ketones is 4. The van der Waals surface area contributed by atoms with Crippen LogP contribution in [0.4, 0.5) is 0 Å². The van der Waals surface area contributed by atoms with Gasteiger partial charge in [0.2, 0.25) is 0 Å². The SMILES string of the molecule is C.C.C=CC(C)=O.CC(=O)CCc1ccn2c(C(=O)O)cnc2c1.CCOC(=O)c1cnc2cc(/C=C/C(C)=O)ccn12.CCOC(=O)c1cnc2cc(Br)ccn12.CCOC(=O)c1cnc2cc(CCC(C)=O)ccn12.N[N-]O.[Li+]. The van der Waals surface area contributed by atoms with Gasteiger partial charge in [-0.1, -0.05) is 43.4 Å². The van der Waals surface area contributed by atoms with Crippen LogP contribution in [0.5, 0.6) is 0 Å². The summed E-state index contributed by atoms with van der Waals surface area (Å²) in [7, 11) is 0. The monoisotopic (exact) mass is 1170 g/mol. The summed E-state index contributed by atoms with van der Waals surface area (Å²) in [6, 6.07) is 14.7. The van der Waals surface area contributed by atoms with Crippen molar-refractivity contribution < 1.29 is 81.7 Å². The molecule has 0 atom stereocenters. The molecule has 0 amide bonds. The first-order valence-corrected chi connectivity index (χ1v) is 24.6. The van der Waals surface area contributed by atoms with E-state index < -0.39 is 11.9 Å². The molecule has 8 aromatic rings. The molecular formula is C56H68BrLiN10O13. The number of aryl methyl sites for hydroxylation is 2. The fraction of sp³-hybridized carbons (Fsp3) is 0.286. The summed E-state index contributed by atoms with van der Waals surface area (Å²) in [5, 5.41) is 15.9. The second-order valence-electron chi connectivity index (χ2n) is 16.1. The largest absolute Gasteiger partial charge is 1.00 e. The first kappa shape index (κ1) is 72.8. The maximum atomic E-state index is 11.7. The van der Waals surface area contributed by atoms with E-state index in [4.69, 9.17) is 24.5 Å². The van der Waals surface area contributed by atoms with Gasteiger partial charge in [0.05, 0.1) is 44.6 Å². The van der Waals surface area contributed by atoms with Crippen molar-refractivity contribution in [2.75, 3.05) is 19.8 Å². The zero-order valence-corrected chi connectivity index (χ0v) is 46.6. The third-order valence-electron chi connectivity index (χ3n) is 10.2. The standard InChI is InChI=1S/C14H16N2O3.C14H14N2O3.C12H12N2O3.C10H9BrN2O2.C4H6O.2CH4.Li.H3N2O/c2*1-3-19-14(18)12-9-15-13-8-11(5-4-10(2)17)6-7-16(12)13;1-8(15)2-3-9-4-5-14-10(12(16)17)7-13-11(14)6-9;1-2-15-10(14)8-6-12-9-5-7(11)3-4-13(8)9;1-3-4(2)5;;;;1-2-3/h6-9H,3-5H2,1-2H3;4-9H,3H2,1-2H3;4-7H,2-3H2,1H3,(H,16,17);3-6H,2H2,1H3;3H,1H2,2H3;2*1H4;;3H,1H2/q;;;;;;;+1;-1/b;5-4+;;;;;;;. The van der Waals surface area contributed by atoms with Gasteiger partial charge in [0, 0.05) is 42.1 Å². The Balaban J connectivity index is 0.000000998. The quantitative estimate of drug-likeness (QED) is 0.0228. The van der Waals surface area contributed by atoms with Crippen LogP contribution in [0.2, 0.25) is 0 Å². The number of esters is 3. The number of carboxylic acids is 1. The maximum Gasteiger partial charge on any atom is 1.00 e. The third kappa shape index (κ3) is 23.6. The Hall–Kier alpha value is -8.24. The molecule has 0 aliphatic rings. The molecule has 428 valence electrons. The Bertz CT molecular complexity index is 3420. The van der Waals surface area contributed by atoms with Gasteiger partial charge in [0.1, 0.15) is 34.2 Å². The van der Waals surface area contributed by atoms with Crippen LogP contribution in [0.15, 0.2) is 121 Å². The Morgan fingerprint density at radius 3 is 1.27 bits per heavy atom. The second-order valence-corrected chi connectivity index (χ2v) is 17.0. The average Bonchev–Trinajstić information content (AvgIpc) is 4.23. The van der Waals surface area contributed by atoms with Gasteiger partial charge in [-0.25, -0.2) is 39.1 Å². The molecule has 25 heteroatoms. The van der Waals surface area contributed by atoms with Crippen molar-refractivity contribution in [3.05, 3.63) is 166 Å². The molecule has 4 N–H and O–H groups in total. The minimum atomic E-state index is -1.01. The van der Waals surface area contributed by atoms with Crippen molar-refractivity contribution in [3.63, 3.8) is 0 Å². The summed E-state index contributed by atoms with van der Waals surface area (Å²) >= 11 is 3.34. The number of pyridine rings is 4. The summed E-state index contributed by atoms with van der Waals surface area (Å²) in [6.45, 7) is 15.6. The molecule has 0 saturated heterocycles. The topological polar surface area (TPSA) is 314 Å². The van der Waals surface area contributed by atoms with E-state index in [-0.39, 0.29) is 74.5 Å². The van der Waals surface area contributed by atoms with Gasteiger partial charge in [-0.3, -0.25) is 27.2 Å². The van der Waals surface area contributed by atoms with Crippen LogP contribution in [0.25, 0.3) is 34.3 Å². The van der Waals surface area contributed by atoms with Crippen LogP contribution in [-0.4, -0.2) is 115 Å². The number of hydrogen-bond acceptors (Lipinski definition) is 17. The van der Waals surface area contributed by atoms with Gasteiger partial charge >= 0.3 is 42.7 Å². The Labute approximate surface area is 489 Å². The maximum absolute atomic E-state index is 11.7. The molecule has 0 bridgehead atoms. The third-order valence-corrected chi connectivity index (χ3v) is 10.7. The molecule has 0 saturated carbocycles. The van der Waals surface area contributed by atoms with Crippen LogP contribution >= 0.6 is 15.9 Å². The van der Waals surface area contributed by atoms with E-state index in [1.807, 2.05) is 35.9 Å². The zero-order chi connectivity index (χ0) is 57.9. The number of nitrogens with two attached hydrogens (primary N) is 1. The van der Waals surface area contributed by atoms with Gasteiger partial charge < -0.3 is 45.5 Å². The molecule has 8 heterocycles. The van der Waals surface area contributed by atoms with Crippen molar-refractivity contribution in [2.45, 2.75) is 89.0 Å². The number of aromatic carboxylic acids is 1. The number of ether oxygens (including phenoxy) is 3. The first-order chi connectivity index (χ1) is 37.2. The van der Waals surface area contributed by atoms with Gasteiger partial charge in [0.15, 0.2) is 34.3 Å². The number of fused-ring (bicyclic) bond motifs is 4. The van der Waals surface area contributed by atoms with E-state index in [9.17, 15) is 38.4 Å². The van der Waals surface area contributed by atoms with Crippen LogP contribution in [0.3, 0.4) is 0 Å². The van der Waals surface area contributed by atoms with Gasteiger partial charge in [-0.05, 0) is 139 Å². The van der Waals surface area contributed by atoms with Crippen molar-refractivity contribution in [2.24, 2.45) is 5.84 Å². The number of Topliss-reactive ketones (excluding diaryl/α,β-unsaturated/α-hetero) is 2. The molecule has 0 aromatic carbocycles. The van der Waals surface area contributed by atoms with Gasteiger partial charge in [-0.2, -0.15) is 0 Å². The zero-order valence-electron chi connectivity index (χ0n) is 45.0. The fourth-order valence-corrected chi connectivity index (χ4v) is 6.82. The minimum Gasteiger partial charge on any atom is -0.488 e. The number of carbonyl (C=O) groups is 8. The number of rotatable bonds is 16. The molecule has 8 rings (SSSR count). The van der Waals surface area contributed by atoms with E-state index in [2.05, 4.69) is 48.3 Å². The number of carboxylic acid groups (broad SMARTS) is 1. The number of halogens is 1. The van der Waals surface area contributed by atoms with E-state index >= 15 is 0 Å². The van der Waals surface area contributed by atoms with E-state index in [0.29, 0.717) is 85.2 Å². The first-order valence-electron chi connectivity index (χ1n) is 23.8. The van der Waals surface area contributed by atoms with Crippen molar-refractivity contribution in [1.29, 1.82) is 0 Å².